The van der Waals surface area contributed by atoms with Crippen molar-refractivity contribution in [2.45, 2.75) is 16.9 Å². The quantitative estimate of drug-likeness (QED) is 0.638. The standard InChI is InChI=1S/C18H15FN2O2S2/c1-21-15(18(22)23)14(12(9-20)17(21)19)10-3-5-11(6-4-10)16-13(24-2)7-8-25-16/h3-8,14-15H,1-2H3,(H,22,23). The first-order valence-corrected chi connectivity index (χ1v) is 9.57. The van der Waals surface area contributed by atoms with Crippen molar-refractivity contribution in [1.29, 1.82) is 5.26 Å². The van der Waals surface area contributed by atoms with Gasteiger partial charge in [-0.25, -0.2) is 4.79 Å². The molecule has 0 aliphatic carbocycles. The number of halogens is 1. The smallest absolute Gasteiger partial charge is 0.327 e. The number of carboxylic acids is 1. The van der Waals surface area contributed by atoms with Crippen molar-refractivity contribution in [3.05, 3.63) is 52.8 Å². The van der Waals surface area contributed by atoms with Gasteiger partial charge >= 0.3 is 5.97 Å². The Hall–Kier alpha value is -2.30. The van der Waals surface area contributed by atoms with Crippen LogP contribution in [0.5, 0.6) is 0 Å². The molecule has 1 N–H and O–H groups in total. The molecule has 25 heavy (non-hydrogen) atoms. The highest BCUT2D eigenvalue weighted by Gasteiger charge is 2.44. The highest BCUT2D eigenvalue weighted by atomic mass is 32.2. The van der Waals surface area contributed by atoms with Crippen molar-refractivity contribution < 1.29 is 14.3 Å². The van der Waals surface area contributed by atoms with Gasteiger partial charge in [-0.05, 0) is 28.8 Å². The van der Waals surface area contributed by atoms with E-state index < -0.39 is 23.9 Å². The molecule has 128 valence electrons. The fraction of sp³-hybridized carbons (Fsp3) is 0.222. The average molecular weight is 374 g/mol. The molecular formula is C18H15FN2O2S2. The Kier molecular flexibility index (Phi) is 4.84. The summed E-state index contributed by atoms with van der Waals surface area (Å²) in [6, 6.07) is 10.1. The maximum absolute atomic E-state index is 14.2. The molecular weight excluding hydrogens is 359 g/mol. The van der Waals surface area contributed by atoms with Gasteiger partial charge in [-0.1, -0.05) is 24.3 Å². The second-order valence-corrected chi connectivity index (χ2v) is 7.39. The van der Waals surface area contributed by atoms with Crippen molar-refractivity contribution in [2.75, 3.05) is 13.3 Å². The van der Waals surface area contributed by atoms with Crippen LogP contribution in [0, 0.1) is 11.3 Å². The van der Waals surface area contributed by atoms with Gasteiger partial charge in [0.05, 0.1) is 11.5 Å². The molecule has 2 aromatic rings. The average Bonchev–Trinajstić information content (AvgIpc) is 3.18. The van der Waals surface area contributed by atoms with Gasteiger partial charge in [0.2, 0.25) is 5.95 Å². The molecule has 1 aliphatic rings. The zero-order valence-corrected chi connectivity index (χ0v) is 15.2. The lowest BCUT2D eigenvalue weighted by Crippen LogP contribution is -2.37. The SMILES string of the molecule is CSc1ccsc1-c1ccc(C2C(C#N)=C(F)N(C)C2C(=O)O)cc1. The Bertz CT molecular complexity index is 883. The highest BCUT2D eigenvalue weighted by molar-refractivity contribution is 7.98. The number of benzene rings is 1. The minimum Gasteiger partial charge on any atom is -0.480 e. The largest absolute Gasteiger partial charge is 0.480 e. The van der Waals surface area contributed by atoms with E-state index in [-0.39, 0.29) is 5.57 Å². The number of nitrogens with zero attached hydrogens (tertiary/aromatic N) is 2. The number of aliphatic carboxylic acids is 1. The summed E-state index contributed by atoms with van der Waals surface area (Å²) < 4.78 is 14.2. The van der Waals surface area contributed by atoms with Crippen LogP contribution in [0.4, 0.5) is 4.39 Å². The molecule has 2 unspecified atom stereocenters. The fourth-order valence-corrected chi connectivity index (χ4v) is 4.89. The van der Waals surface area contributed by atoms with Crippen LogP contribution in [-0.4, -0.2) is 35.3 Å². The molecule has 2 atom stereocenters. The number of hydrogen-bond acceptors (Lipinski definition) is 5. The van der Waals surface area contributed by atoms with Crippen molar-refractivity contribution in [1.82, 2.24) is 4.90 Å². The van der Waals surface area contributed by atoms with Crippen LogP contribution in [0.2, 0.25) is 0 Å². The number of nitriles is 1. The molecule has 3 rings (SSSR count). The number of thioether (sulfide) groups is 1. The van der Waals surface area contributed by atoms with E-state index in [1.165, 1.54) is 11.9 Å². The molecule has 4 nitrogen and oxygen atoms in total. The predicted molar refractivity (Wildman–Crippen MR) is 97.2 cm³/mol. The van der Waals surface area contributed by atoms with Crippen LogP contribution in [0.15, 0.2) is 52.1 Å². The molecule has 1 aliphatic heterocycles. The van der Waals surface area contributed by atoms with E-state index in [9.17, 15) is 19.6 Å². The van der Waals surface area contributed by atoms with Crippen LogP contribution in [0.1, 0.15) is 11.5 Å². The normalized spacial score (nSPS) is 20.0. The molecule has 7 heteroatoms. The summed E-state index contributed by atoms with van der Waals surface area (Å²) in [4.78, 5) is 14.9. The van der Waals surface area contributed by atoms with E-state index in [4.69, 9.17) is 0 Å². The van der Waals surface area contributed by atoms with Crippen LogP contribution >= 0.6 is 23.1 Å². The van der Waals surface area contributed by atoms with Crippen LogP contribution in [-0.2, 0) is 4.79 Å². The molecule has 1 aromatic carbocycles. The van der Waals surface area contributed by atoms with Gasteiger partial charge in [0, 0.05) is 16.8 Å². The van der Waals surface area contributed by atoms with Gasteiger partial charge in [-0.3, -0.25) is 0 Å². The Morgan fingerprint density at radius 1 is 1.36 bits per heavy atom. The summed E-state index contributed by atoms with van der Waals surface area (Å²) >= 11 is 3.29. The number of thiophene rings is 1. The van der Waals surface area contributed by atoms with Gasteiger partial charge in [0.15, 0.2) is 0 Å². The number of carboxylic acid groups (broad SMARTS) is 1. The molecule has 0 saturated heterocycles. The Morgan fingerprint density at radius 3 is 2.60 bits per heavy atom. The summed E-state index contributed by atoms with van der Waals surface area (Å²) in [5, 5.41) is 20.8. The first-order chi connectivity index (χ1) is 12.0. The molecule has 0 bridgehead atoms. The molecule has 0 radical (unpaired) electrons. The maximum atomic E-state index is 14.2. The first-order valence-electron chi connectivity index (χ1n) is 7.46. The monoisotopic (exact) mass is 374 g/mol. The molecule has 0 fully saturated rings. The molecule has 0 amide bonds. The molecule has 1 aromatic heterocycles. The van der Waals surface area contributed by atoms with Gasteiger partial charge in [-0.15, -0.1) is 23.1 Å². The maximum Gasteiger partial charge on any atom is 0.327 e. The first kappa shape index (κ1) is 17.5. The van der Waals surface area contributed by atoms with Crippen LogP contribution in [0.3, 0.4) is 0 Å². The molecule has 0 saturated carbocycles. The summed E-state index contributed by atoms with van der Waals surface area (Å²) in [6.45, 7) is 0. The lowest BCUT2D eigenvalue weighted by atomic mass is 9.87. The number of likely N-dealkylation sites (N-methyl/N-ethyl adjacent to an activating group) is 1. The van der Waals surface area contributed by atoms with Gasteiger partial charge in [0.25, 0.3) is 0 Å². The third kappa shape index (κ3) is 2.92. The van der Waals surface area contributed by atoms with Crippen molar-refractivity contribution in [2.24, 2.45) is 0 Å². The van der Waals surface area contributed by atoms with E-state index in [0.29, 0.717) is 5.56 Å². The van der Waals surface area contributed by atoms with Crippen molar-refractivity contribution >= 4 is 29.1 Å². The summed E-state index contributed by atoms with van der Waals surface area (Å²) in [5.74, 6) is -2.74. The second kappa shape index (κ2) is 6.90. The van der Waals surface area contributed by atoms with Gasteiger partial charge in [-0.2, -0.15) is 9.65 Å². The van der Waals surface area contributed by atoms with E-state index >= 15 is 0 Å². The van der Waals surface area contributed by atoms with Crippen LogP contribution in [0.25, 0.3) is 10.4 Å². The zero-order chi connectivity index (χ0) is 18.1. The molecule has 2 heterocycles. The third-order valence-corrected chi connectivity index (χ3v) is 6.20. The Balaban J connectivity index is 2.01. The summed E-state index contributed by atoms with van der Waals surface area (Å²) in [6.07, 6.45) is 2.01. The van der Waals surface area contributed by atoms with E-state index in [0.717, 1.165) is 15.3 Å². The number of carbonyl (C=O) groups is 1. The van der Waals surface area contributed by atoms with Crippen LogP contribution < -0.4 is 0 Å². The summed E-state index contributed by atoms with van der Waals surface area (Å²) in [7, 11) is 1.36. The minimum absolute atomic E-state index is 0.136. The Labute approximate surface area is 153 Å². The van der Waals surface area contributed by atoms with E-state index in [2.05, 4.69) is 6.07 Å². The van der Waals surface area contributed by atoms with Gasteiger partial charge in [0.1, 0.15) is 12.1 Å². The topological polar surface area (TPSA) is 64.3 Å². The molecule has 0 spiro atoms. The van der Waals surface area contributed by atoms with Gasteiger partial charge < -0.3 is 10.0 Å². The van der Waals surface area contributed by atoms with Crippen molar-refractivity contribution in [3.63, 3.8) is 0 Å². The lowest BCUT2D eigenvalue weighted by Gasteiger charge is -2.23. The fourth-order valence-electron chi connectivity index (χ4n) is 3.11. The Morgan fingerprint density at radius 2 is 2.04 bits per heavy atom. The van der Waals surface area contributed by atoms with E-state index in [1.54, 1.807) is 35.2 Å². The second-order valence-electron chi connectivity index (χ2n) is 5.63. The number of rotatable bonds is 4. The predicted octanol–water partition coefficient (Wildman–Crippen LogP) is 4.32. The highest BCUT2D eigenvalue weighted by Crippen LogP contribution is 2.42. The zero-order valence-electron chi connectivity index (χ0n) is 13.6. The summed E-state index contributed by atoms with van der Waals surface area (Å²) in [5.41, 5.74) is 1.50. The number of hydrogen-bond donors (Lipinski definition) is 1. The third-order valence-electron chi connectivity index (χ3n) is 4.33. The minimum atomic E-state index is -1.15. The van der Waals surface area contributed by atoms with E-state index in [1.807, 2.05) is 29.8 Å². The lowest BCUT2D eigenvalue weighted by molar-refractivity contribution is -0.142. The van der Waals surface area contributed by atoms with Crippen molar-refractivity contribution in [3.8, 4) is 16.5 Å².